The second-order valence-electron chi connectivity index (χ2n) is 5.94. The van der Waals surface area contributed by atoms with Gasteiger partial charge in [-0.05, 0) is 55.8 Å². The molecule has 4 aromatic rings. The van der Waals surface area contributed by atoms with Gasteiger partial charge in [0.2, 0.25) is 0 Å². The Balaban J connectivity index is 1.74. The molecule has 0 spiro atoms. The maximum absolute atomic E-state index is 12.7. The van der Waals surface area contributed by atoms with E-state index in [0.717, 1.165) is 30.3 Å². The summed E-state index contributed by atoms with van der Waals surface area (Å²) in [6.45, 7) is 4.16. The topological polar surface area (TPSA) is 42.0 Å². The maximum atomic E-state index is 12.7. The molecule has 0 saturated carbocycles. The van der Waals surface area contributed by atoms with E-state index in [4.69, 9.17) is 4.98 Å². The van der Waals surface area contributed by atoms with Gasteiger partial charge in [0, 0.05) is 20.5 Å². The van der Waals surface area contributed by atoms with E-state index in [1.54, 1.807) is 22.7 Å². The minimum absolute atomic E-state index is 0.110. The van der Waals surface area contributed by atoms with E-state index in [9.17, 15) is 4.79 Å². The first-order valence-electron chi connectivity index (χ1n) is 8.06. The van der Waals surface area contributed by atoms with Crippen molar-refractivity contribution in [2.24, 2.45) is 0 Å². The average Bonchev–Trinajstić information content (AvgIpc) is 3.16. The number of fused-ring (bicyclic) bond motifs is 1. The molecule has 0 bridgehead atoms. The monoisotopic (exact) mass is 442 g/mol. The number of para-hydroxylation sites is 1. The third-order valence-electron chi connectivity index (χ3n) is 4.23. The number of halogens is 1. The molecule has 6 heteroatoms. The zero-order valence-corrected chi connectivity index (χ0v) is 17.4. The summed E-state index contributed by atoms with van der Waals surface area (Å²) in [7, 11) is 0. The lowest BCUT2D eigenvalue weighted by atomic mass is 10.1. The van der Waals surface area contributed by atoms with Crippen molar-refractivity contribution in [1.29, 1.82) is 0 Å². The van der Waals surface area contributed by atoms with E-state index in [1.807, 2.05) is 42.5 Å². The maximum Gasteiger partial charge on any atom is 0.256 e. The Morgan fingerprint density at radius 2 is 1.77 bits per heavy atom. The van der Waals surface area contributed by atoms with Crippen molar-refractivity contribution in [2.45, 2.75) is 13.8 Å². The molecule has 0 saturated heterocycles. The highest BCUT2D eigenvalue weighted by atomic mass is 79.9. The van der Waals surface area contributed by atoms with Crippen LogP contribution in [0.4, 0.5) is 5.00 Å². The number of amides is 1. The van der Waals surface area contributed by atoms with E-state index in [-0.39, 0.29) is 5.91 Å². The summed E-state index contributed by atoms with van der Waals surface area (Å²) in [5, 5.41) is 4.88. The number of carbonyl (C=O) groups is 1. The molecular formula is C20H15BrN2OS2. The van der Waals surface area contributed by atoms with Crippen molar-refractivity contribution in [3.05, 3.63) is 69.0 Å². The predicted octanol–water partition coefficient (Wildman–Crippen LogP) is 6.66. The van der Waals surface area contributed by atoms with Gasteiger partial charge >= 0.3 is 0 Å². The molecule has 2 aromatic carbocycles. The Hall–Kier alpha value is -2.02. The molecule has 1 N–H and O–H groups in total. The molecule has 0 fully saturated rings. The fourth-order valence-corrected chi connectivity index (χ4v) is 5.19. The first kappa shape index (κ1) is 17.4. The van der Waals surface area contributed by atoms with Crippen LogP contribution in [0, 0.1) is 13.8 Å². The number of hydrogen-bond donors (Lipinski definition) is 1. The number of hydrogen-bond acceptors (Lipinski definition) is 4. The van der Waals surface area contributed by atoms with Gasteiger partial charge in [0.1, 0.15) is 10.0 Å². The number of benzene rings is 2. The molecule has 26 heavy (non-hydrogen) atoms. The lowest BCUT2D eigenvalue weighted by Gasteiger charge is -2.06. The third-order valence-corrected chi connectivity index (χ3v) is 6.93. The molecule has 0 aliphatic heterocycles. The van der Waals surface area contributed by atoms with Crippen molar-refractivity contribution >= 4 is 59.7 Å². The zero-order chi connectivity index (χ0) is 18.3. The number of aryl methyl sites for hydroxylation is 1. The first-order valence-corrected chi connectivity index (χ1v) is 10.5. The molecule has 4 rings (SSSR count). The Bertz CT molecular complexity index is 1080. The summed E-state index contributed by atoms with van der Waals surface area (Å²) in [4.78, 5) is 18.6. The molecule has 0 radical (unpaired) electrons. The SMILES string of the molecule is Cc1sc(NC(=O)c2ccc(Br)cc2)c(-c2nc3ccccc3s2)c1C. The molecule has 3 nitrogen and oxygen atoms in total. The summed E-state index contributed by atoms with van der Waals surface area (Å²) in [5.74, 6) is -0.110. The standard InChI is InChI=1S/C20H15BrN2OS2/c1-11-12(2)25-20(23-18(24)13-7-9-14(21)10-8-13)17(11)19-22-15-5-3-4-6-16(15)26-19/h3-10H,1-2H3,(H,23,24). The van der Waals surface area contributed by atoms with Crippen LogP contribution in [0.2, 0.25) is 0 Å². The van der Waals surface area contributed by atoms with Crippen LogP contribution < -0.4 is 5.32 Å². The lowest BCUT2D eigenvalue weighted by Crippen LogP contribution is -2.11. The molecular weight excluding hydrogens is 428 g/mol. The van der Waals surface area contributed by atoms with Gasteiger partial charge in [-0.2, -0.15) is 0 Å². The molecule has 0 unspecified atom stereocenters. The lowest BCUT2D eigenvalue weighted by molar-refractivity contribution is 0.102. The van der Waals surface area contributed by atoms with Crippen molar-refractivity contribution in [2.75, 3.05) is 5.32 Å². The van der Waals surface area contributed by atoms with Crippen molar-refractivity contribution < 1.29 is 4.79 Å². The van der Waals surface area contributed by atoms with Gasteiger partial charge in [-0.1, -0.05) is 28.1 Å². The van der Waals surface area contributed by atoms with Crippen molar-refractivity contribution in [3.8, 4) is 10.6 Å². The minimum Gasteiger partial charge on any atom is -0.313 e. The van der Waals surface area contributed by atoms with Gasteiger partial charge in [-0.15, -0.1) is 22.7 Å². The van der Waals surface area contributed by atoms with E-state index in [0.29, 0.717) is 5.56 Å². The average molecular weight is 443 g/mol. The Kier molecular flexibility index (Phi) is 4.65. The highest BCUT2D eigenvalue weighted by Crippen LogP contribution is 2.43. The summed E-state index contributed by atoms with van der Waals surface area (Å²) in [6, 6.07) is 15.5. The van der Waals surface area contributed by atoms with Crippen LogP contribution in [0.15, 0.2) is 53.0 Å². The van der Waals surface area contributed by atoms with Gasteiger partial charge in [0.15, 0.2) is 0 Å². The van der Waals surface area contributed by atoms with Crippen molar-refractivity contribution in [3.63, 3.8) is 0 Å². The quantitative estimate of drug-likeness (QED) is 0.385. The van der Waals surface area contributed by atoms with E-state index in [1.165, 1.54) is 10.4 Å². The number of nitrogens with one attached hydrogen (secondary N) is 1. The smallest absolute Gasteiger partial charge is 0.256 e. The summed E-state index contributed by atoms with van der Waals surface area (Å²) in [5.41, 5.74) is 3.81. The molecule has 2 heterocycles. The number of thiophene rings is 1. The van der Waals surface area contributed by atoms with Crippen LogP contribution in [0.3, 0.4) is 0 Å². The van der Waals surface area contributed by atoms with Crippen LogP contribution in [-0.4, -0.2) is 10.9 Å². The molecule has 0 aliphatic carbocycles. The van der Waals surface area contributed by atoms with Crippen LogP contribution >= 0.6 is 38.6 Å². The van der Waals surface area contributed by atoms with E-state index < -0.39 is 0 Å². The number of carbonyl (C=O) groups excluding carboxylic acids is 1. The van der Waals surface area contributed by atoms with Crippen LogP contribution in [-0.2, 0) is 0 Å². The number of thiazole rings is 1. The van der Waals surface area contributed by atoms with E-state index in [2.05, 4.69) is 41.2 Å². The second kappa shape index (κ2) is 6.95. The predicted molar refractivity (Wildman–Crippen MR) is 115 cm³/mol. The van der Waals surface area contributed by atoms with Gasteiger partial charge in [-0.3, -0.25) is 4.79 Å². The number of aromatic nitrogens is 1. The largest absolute Gasteiger partial charge is 0.313 e. The molecule has 130 valence electrons. The summed E-state index contributed by atoms with van der Waals surface area (Å²) < 4.78 is 2.10. The molecule has 0 atom stereocenters. The van der Waals surface area contributed by atoms with Gasteiger partial charge in [0.05, 0.1) is 10.2 Å². The Labute approximate surface area is 167 Å². The van der Waals surface area contributed by atoms with Crippen LogP contribution in [0.25, 0.3) is 20.8 Å². The fraction of sp³-hybridized carbons (Fsp3) is 0.100. The highest BCUT2D eigenvalue weighted by Gasteiger charge is 2.20. The van der Waals surface area contributed by atoms with Gasteiger partial charge in [-0.25, -0.2) is 4.98 Å². The normalized spacial score (nSPS) is 11.0. The van der Waals surface area contributed by atoms with Crippen LogP contribution in [0.1, 0.15) is 20.8 Å². The van der Waals surface area contributed by atoms with E-state index >= 15 is 0 Å². The summed E-state index contributed by atoms with van der Waals surface area (Å²) in [6.07, 6.45) is 0. The number of anilines is 1. The second-order valence-corrected chi connectivity index (χ2v) is 9.11. The Morgan fingerprint density at radius 3 is 2.50 bits per heavy atom. The number of nitrogens with zero attached hydrogens (tertiary/aromatic N) is 1. The molecule has 1 amide bonds. The minimum atomic E-state index is -0.110. The summed E-state index contributed by atoms with van der Waals surface area (Å²) >= 11 is 6.65. The fourth-order valence-electron chi connectivity index (χ4n) is 2.73. The highest BCUT2D eigenvalue weighted by molar-refractivity contribution is 9.10. The Morgan fingerprint density at radius 1 is 1.04 bits per heavy atom. The van der Waals surface area contributed by atoms with Gasteiger partial charge < -0.3 is 5.32 Å². The number of rotatable bonds is 3. The van der Waals surface area contributed by atoms with Gasteiger partial charge in [0.25, 0.3) is 5.91 Å². The first-order chi connectivity index (χ1) is 12.5. The van der Waals surface area contributed by atoms with Crippen LogP contribution in [0.5, 0.6) is 0 Å². The molecule has 0 aliphatic rings. The molecule has 2 aromatic heterocycles. The van der Waals surface area contributed by atoms with Crippen molar-refractivity contribution in [1.82, 2.24) is 4.98 Å². The third kappa shape index (κ3) is 3.20. The zero-order valence-electron chi connectivity index (χ0n) is 14.2.